The highest BCUT2D eigenvalue weighted by Gasteiger charge is 2.18. The summed E-state index contributed by atoms with van der Waals surface area (Å²) in [4.78, 5) is 24.7. The second-order valence-corrected chi connectivity index (χ2v) is 29.5. The molecule has 0 bridgehead atoms. The van der Waals surface area contributed by atoms with E-state index >= 15 is 0 Å². The minimum atomic E-state index is -0.843. The monoisotopic (exact) mass is 1290 g/mol. The Morgan fingerprint density at radius 3 is 0.772 bits per heavy atom. The maximum atomic E-state index is 12.6. The van der Waals surface area contributed by atoms with E-state index in [-0.39, 0.29) is 18.5 Å². The van der Waals surface area contributed by atoms with Crippen molar-refractivity contribution in [2.45, 2.75) is 501 Å². The second-order valence-electron chi connectivity index (χ2n) is 29.5. The molecule has 1 amide bonds. The van der Waals surface area contributed by atoms with Crippen LogP contribution in [0.3, 0.4) is 0 Å². The number of ether oxygens (including phenoxy) is 1. The molecule has 0 aromatic carbocycles. The Morgan fingerprint density at radius 2 is 0.511 bits per heavy atom. The Morgan fingerprint density at radius 1 is 0.293 bits per heavy atom. The normalized spacial score (nSPS) is 12.5. The maximum absolute atomic E-state index is 12.6. The van der Waals surface area contributed by atoms with Crippen molar-refractivity contribution in [1.82, 2.24) is 5.32 Å². The molecular formula is C86H167NO5. The topological polar surface area (TPSA) is 95.9 Å². The smallest absolute Gasteiger partial charge is 0.305 e. The lowest BCUT2D eigenvalue weighted by Gasteiger charge is -2.20. The lowest BCUT2D eigenvalue weighted by Crippen LogP contribution is -2.45. The van der Waals surface area contributed by atoms with E-state index in [1.54, 1.807) is 6.08 Å². The van der Waals surface area contributed by atoms with E-state index in [4.69, 9.17) is 4.74 Å². The van der Waals surface area contributed by atoms with Gasteiger partial charge in [-0.1, -0.05) is 443 Å². The lowest BCUT2D eigenvalue weighted by atomic mass is 10.0. The fourth-order valence-electron chi connectivity index (χ4n) is 13.8. The third-order valence-electron chi connectivity index (χ3n) is 20.2. The van der Waals surface area contributed by atoms with Crippen LogP contribution in [0.2, 0.25) is 0 Å². The van der Waals surface area contributed by atoms with Crippen molar-refractivity contribution < 1.29 is 24.5 Å². The Balaban J connectivity index is 3.35. The molecule has 0 spiro atoms. The molecule has 0 saturated heterocycles. The van der Waals surface area contributed by atoms with Gasteiger partial charge in [-0.25, -0.2) is 0 Å². The summed E-state index contributed by atoms with van der Waals surface area (Å²) in [5.41, 5.74) is 0. The van der Waals surface area contributed by atoms with E-state index in [2.05, 4.69) is 31.3 Å². The van der Waals surface area contributed by atoms with E-state index in [1.165, 1.54) is 424 Å². The van der Waals surface area contributed by atoms with Gasteiger partial charge in [0, 0.05) is 12.8 Å². The first-order chi connectivity index (χ1) is 45.5. The zero-order valence-electron chi connectivity index (χ0n) is 62.8. The molecule has 92 heavy (non-hydrogen) atoms. The molecule has 6 nitrogen and oxygen atoms in total. The summed E-state index contributed by atoms with van der Waals surface area (Å²) in [7, 11) is 0. The zero-order valence-corrected chi connectivity index (χ0v) is 62.8. The van der Waals surface area contributed by atoms with Crippen LogP contribution in [0.4, 0.5) is 0 Å². The molecule has 2 atom stereocenters. The van der Waals surface area contributed by atoms with Crippen LogP contribution in [-0.2, 0) is 14.3 Å². The van der Waals surface area contributed by atoms with E-state index in [9.17, 15) is 19.8 Å². The Labute approximate surface area is 577 Å². The van der Waals surface area contributed by atoms with Gasteiger partial charge in [0.25, 0.3) is 0 Å². The number of rotatable bonds is 81. The highest BCUT2D eigenvalue weighted by atomic mass is 16.5. The van der Waals surface area contributed by atoms with Crippen LogP contribution >= 0.6 is 0 Å². The highest BCUT2D eigenvalue weighted by molar-refractivity contribution is 5.76. The Bertz CT molecular complexity index is 1450. The first-order valence-electron chi connectivity index (χ1n) is 42.6. The van der Waals surface area contributed by atoms with Crippen molar-refractivity contribution in [3.05, 3.63) is 24.3 Å². The van der Waals surface area contributed by atoms with Gasteiger partial charge in [-0.15, -0.1) is 0 Å². The Hall–Kier alpha value is -1.66. The van der Waals surface area contributed by atoms with Crippen molar-refractivity contribution in [2.24, 2.45) is 0 Å². The minimum absolute atomic E-state index is 0.0247. The first kappa shape index (κ1) is 90.3. The zero-order chi connectivity index (χ0) is 66.3. The molecule has 6 heteroatoms. The molecule has 0 radical (unpaired) electrons. The lowest BCUT2D eigenvalue weighted by molar-refractivity contribution is -0.143. The van der Waals surface area contributed by atoms with Gasteiger partial charge in [0.15, 0.2) is 0 Å². The predicted octanol–water partition coefficient (Wildman–Crippen LogP) is 28.4. The molecule has 0 heterocycles. The molecule has 0 aliphatic rings. The fraction of sp³-hybridized carbons (Fsp3) is 0.930. The number of allylic oxidation sites excluding steroid dienone is 3. The SMILES string of the molecule is CCCCCCCCCCCCCCCCCCCCCCCC/C=C/C(O)C(CO)NC(=O)CCCCCCCCCCCCCCCCCCC/C=C\CCCCCCCCCCCCCCCCOC(=O)CCCCCCCCCCCCCCCCCC. The van der Waals surface area contributed by atoms with Crippen molar-refractivity contribution >= 4 is 11.9 Å². The van der Waals surface area contributed by atoms with Crippen LogP contribution in [0, 0.1) is 0 Å². The molecule has 3 N–H and O–H groups in total. The second kappa shape index (κ2) is 81.8. The molecule has 0 aliphatic heterocycles. The standard InChI is InChI=1S/C86H167NO5/c1-3-5-7-9-11-13-15-17-19-21-22-23-24-38-41-44-47-50-54-58-62-66-70-74-78-84(89)83(82-88)87-85(90)79-75-71-67-63-59-55-51-48-45-42-39-36-34-32-30-28-26-25-27-29-31-33-35-37-40-43-46-49-53-57-61-65-69-73-77-81-92-86(91)80-76-72-68-64-60-56-52-20-18-16-14-12-10-8-6-4-2/h27,29,74,78,83-84,88-89H,3-26,28,30-73,75-77,79-82H2,1-2H3,(H,87,90)/b29-27-,78-74+. The highest BCUT2D eigenvalue weighted by Crippen LogP contribution is 2.21. The van der Waals surface area contributed by atoms with Gasteiger partial charge >= 0.3 is 5.97 Å². The average molecular weight is 1300 g/mol. The average Bonchev–Trinajstić information content (AvgIpc) is 3.77. The summed E-state index contributed by atoms with van der Waals surface area (Å²) >= 11 is 0. The number of carbonyl (C=O) groups excluding carboxylic acids is 2. The summed E-state index contributed by atoms with van der Waals surface area (Å²) in [6.45, 7) is 4.97. The van der Waals surface area contributed by atoms with E-state index in [0.717, 1.165) is 38.5 Å². The molecule has 0 fully saturated rings. The molecule has 2 unspecified atom stereocenters. The number of unbranched alkanes of at least 4 members (excludes halogenated alkanes) is 68. The van der Waals surface area contributed by atoms with E-state index in [0.29, 0.717) is 19.4 Å². The van der Waals surface area contributed by atoms with Crippen LogP contribution in [-0.4, -0.2) is 47.4 Å². The number of hydrogen-bond acceptors (Lipinski definition) is 5. The third kappa shape index (κ3) is 77.3. The van der Waals surface area contributed by atoms with Crippen LogP contribution in [0.15, 0.2) is 24.3 Å². The van der Waals surface area contributed by atoms with Crippen LogP contribution in [0.25, 0.3) is 0 Å². The molecule has 546 valence electrons. The van der Waals surface area contributed by atoms with Crippen LogP contribution < -0.4 is 5.32 Å². The van der Waals surface area contributed by atoms with E-state index in [1.807, 2.05) is 6.08 Å². The summed E-state index contributed by atoms with van der Waals surface area (Å²) < 4.78 is 5.51. The third-order valence-corrected chi connectivity index (χ3v) is 20.2. The van der Waals surface area contributed by atoms with Gasteiger partial charge in [0.1, 0.15) is 0 Å². The molecule has 0 aromatic heterocycles. The molecular weight excluding hydrogens is 1130 g/mol. The number of esters is 1. The molecule has 0 aliphatic carbocycles. The number of amides is 1. The quantitative estimate of drug-likeness (QED) is 0.0320. The molecule has 0 saturated carbocycles. The number of aliphatic hydroxyl groups is 2. The van der Waals surface area contributed by atoms with E-state index < -0.39 is 12.1 Å². The van der Waals surface area contributed by atoms with Gasteiger partial charge in [0.05, 0.1) is 25.4 Å². The molecule has 0 rings (SSSR count). The maximum Gasteiger partial charge on any atom is 0.305 e. The Kier molecular flexibility index (Phi) is 80.3. The summed E-state index contributed by atoms with van der Waals surface area (Å²) in [6.07, 6.45) is 106. The van der Waals surface area contributed by atoms with Crippen molar-refractivity contribution in [1.29, 1.82) is 0 Å². The van der Waals surface area contributed by atoms with Gasteiger partial charge in [-0.05, 0) is 57.8 Å². The van der Waals surface area contributed by atoms with Crippen LogP contribution in [0.1, 0.15) is 489 Å². The largest absolute Gasteiger partial charge is 0.466 e. The van der Waals surface area contributed by atoms with Crippen molar-refractivity contribution in [2.75, 3.05) is 13.2 Å². The van der Waals surface area contributed by atoms with Crippen molar-refractivity contribution in [3.63, 3.8) is 0 Å². The van der Waals surface area contributed by atoms with Gasteiger partial charge in [-0.2, -0.15) is 0 Å². The predicted molar refractivity (Wildman–Crippen MR) is 407 cm³/mol. The van der Waals surface area contributed by atoms with Gasteiger partial charge in [0.2, 0.25) is 5.91 Å². The number of nitrogens with one attached hydrogen (secondary N) is 1. The summed E-state index contributed by atoms with van der Waals surface area (Å²) in [6, 6.07) is -0.627. The van der Waals surface area contributed by atoms with Crippen LogP contribution in [0.5, 0.6) is 0 Å². The van der Waals surface area contributed by atoms with Gasteiger partial charge < -0.3 is 20.3 Å². The first-order valence-corrected chi connectivity index (χ1v) is 42.6. The minimum Gasteiger partial charge on any atom is -0.466 e. The van der Waals surface area contributed by atoms with Crippen molar-refractivity contribution in [3.8, 4) is 0 Å². The number of hydrogen-bond donors (Lipinski definition) is 3. The van der Waals surface area contributed by atoms with Gasteiger partial charge in [-0.3, -0.25) is 9.59 Å². The number of aliphatic hydroxyl groups excluding tert-OH is 2. The molecule has 0 aromatic rings. The summed E-state index contributed by atoms with van der Waals surface area (Å²) in [5, 5.41) is 23.3. The summed E-state index contributed by atoms with van der Waals surface area (Å²) in [5.74, 6) is -0.0340. The fourth-order valence-corrected chi connectivity index (χ4v) is 13.8. The number of carbonyl (C=O) groups is 2.